The molecule has 0 fully saturated rings. The fourth-order valence-corrected chi connectivity index (χ4v) is 4.67. The number of benzene rings is 2. The van der Waals surface area contributed by atoms with Gasteiger partial charge in [-0.3, -0.25) is 19.2 Å². The third-order valence-electron chi connectivity index (χ3n) is 5.48. The van der Waals surface area contributed by atoms with Gasteiger partial charge < -0.3 is 19.7 Å². The molecule has 0 saturated carbocycles. The summed E-state index contributed by atoms with van der Waals surface area (Å²) in [5, 5.41) is 4.65. The Morgan fingerprint density at radius 1 is 1.05 bits per heavy atom. The Bertz CT molecular complexity index is 1400. The van der Waals surface area contributed by atoms with Crippen molar-refractivity contribution in [3.63, 3.8) is 0 Å². The number of hydrogen-bond acceptors (Lipinski definition) is 7. The number of hydrogen-bond donors (Lipinski definition) is 2. The molecule has 1 aliphatic heterocycles. The molecule has 232 valence electrons. The maximum Gasteiger partial charge on any atom is 0.427 e. The van der Waals surface area contributed by atoms with Gasteiger partial charge in [-0.25, -0.2) is 17.6 Å². The molecule has 0 unspecified atom stereocenters. The van der Waals surface area contributed by atoms with Gasteiger partial charge >= 0.3 is 24.1 Å². The lowest BCUT2D eigenvalue weighted by atomic mass is 10.1. The molecule has 0 aliphatic carbocycles. The number of halogens is 4. The number of anilines is 2. The number of rotatable bonds is 5. The predicted molar refractivity (Wildman–Crippen MR) is 145 cm³/mol. The maximum absolute atomic E-state index is 13.2. The van der Waals surface area contributed by atoms with Crippen LogP contribution in [0.3, 0.4) is 0 Å². The van der Waals surface area contributed by atoms with Crippen molar-refractivity contribution in [2.45, 2.75) is 50.4 Å². The topological polar surface area (TPSA) is 134 Å². The van der Waals surface area contributed by atoms with Gasteiger partial charge in [0, 0.05) is 25.8 Å². The molecule has 3 rings (SSSR count). The minimum atomic E-state index is -4.78. The molecule has 11 nitrogen and oxygen atoms in total. The monoisotopic (exact) mass is 620 g/mol. The molecule has 2 N–H and O–H groups in total. The summed E-state index contributed by atoms with van der Waals surface area (Å²) in [5.74, 6) is -1.48. The number of fused-ring (bicyclic) bond motifs is 1. The number of ether oxygens (including phenoxy) is 2. The van der Waals surface area contributed by atoms with E-state index in [1.165, 1.54) is 23.1 Å². The van der Waals surface area contributed by atoms with E-state index >= 15 is 0 Å². The Hall–Kier alpha value is -4.08. The number of nitrogens with zero attached hydrogens (tertiary/aromatic N) is 2. The molecular formula is C26H32F4N4O7S. The smallest absolute Gasteiger partial charge is 0.427 e. The fraction of sp³-hybridized carbons (Fsp3) is 0.423. The second-order valence-electron chi connectivity index (χ2n) is 9.91. The number of alkyl halides is 3. The van der Waals surface area contributed by atoms with E-state index in [1.807, 2.05) is 0 Å². The molecule has 2 aromatic carbocycles. The second-order valence-corrected chi connectivity index (χ2v) is 11.8. The van der Waals surface area contributed by atoms with Gasteiger partial charge in [-0.2, -0.15) is 13.2 Å². The van der Waals surface area contributed by atoms with Crippen molar-refractivity contribution in [2.24, 2.45) is 0 Å². The minimum Gasteiger partial charge on any atom is -0.489 e. The van der Waals surface area contributed by atoms with E-state index in [4.69, 9.17) is 4.74 Å². The third-order valence-corrected chi connectivity index (χ3v) is 7.31. The number of likely N-dealkylation sites (N-methyl/N-ethyl adjacent to an activating group) is 1. The van der Waals surface area contributed by atoms with Crippen LogP contribution in [0.2, 0.25) is 0 Å². The standard InChI is InChI=1S/C19H18F4N2O5S.C7H14N2O2/c1-18(2,19(21,22)23)30-17(26)24-13-5-8-16-15(11-13)25(9-10-29-16)31(27,28)14-6-3-12(20)4-7-14;1-5(2)8-6(10)7(11)9(3)4/h3-8,11H,9-10H2,1-2H3,(H,24,26);5H,1-4H3,(H,8,10). The lowest BCUT2D eigenvalue weighted by Gasteiger charge is -2.31. The first-order valence-corrected chi connectivity index (χ1v) is 13.8. The van der Waals surface area contributed by atoms with Gasteiger partial charge in [-0.05, 0) is 70.2 Å². The molecule has 0 radical (unpaired) electrons. The molecular weight excluding hydrogens is 588 g/mol. The normalized spacial score (nSPS) is 13.2. The lowest BCUT2D eigenvalue weighted by molar-refractivity contribution is -0.242. The van der Waals surface area contributed by atoms with Gasteiger partial charge in [0.15, 0.2) is 0 Å². The van der Waals surface area contributed by atoms with Crippen molar-refractivity contribution in [3.05, 3.63) is 48.3 Å². The van der Waals surface area contributed by atoms with Crippen LogP contribution in [0.15, 0.2) is 47.4 Å². The Balaban J connectivity index is 0.000000476. The van der Waals surface area contributed by atoms with Crippen LogP contribution in [0.1, 0.15) is 27.7 Å². The van der Waals surface area contributed by atoms with Crippen molar-refractivity contribution in [3.8, 4) is 5.75 Å². The largest absolute Gasteiger partial charge is 0.489 e. The molecule has 1 heterocycles. The van der Waals surface area contributed by atoms with Crippen LogP contribution in [-0.2, 0) is 24.3 Å². The summed E-state index contributed by atoms with van der Waals surface area (Å²) in [4.78, 5) is 34.8. The number of carbonyl (C=O) groups excluding carboxylic acids is 3. The zero-order valence-corrected chi connectivity index (χ0v) is 24.5. The highest BCUT2D eigenvalue weighted by atomic mass is 32.2. The first-order valence-electron chi connectivity index (χ1n) is 12.4. The summed E-state index contributed by atoms with van der Waals surface area (Å²) in [7, 11) is -1.00. The fourth-order valence-electron chi connectivity index (χ4n) is 3.21. The van der Waals surface area contributed by atoms with Gasteiger partial charge in [-0.15, -0.1) is 0 Å². The maximum atomic E-state index is 13.2. The van der Waals surface area contributed by atoms with Crippen LogP contribution >= 0.6 is 0 Å². The SMILES string of the molecule is CC(C)(OC(=O)Nc1ccc2c(c1)N(S(=O)(=O)c1ccc(F)cc1)CCO2)C(F)(F)F.CC(C)NC(=O)C(=O)N(C)C. The predicted octanol–water partition coefficient (Wildman–Crippen LogP) is 3.90. The van der Waals surface area contributed by atoms with Crippen LogP contribution in [0.5, 0.6) is 5.75 Å². The van der Waals surface area contributed by atoms with E-state index in [-0.39, 0.29) is 41.2 Å². The minimum absolute atomic E-state index is 0.00593. The molecule has 0 bridgehead atoms. The second kappa shape index (κ2) is 13.3. The van der Waals surface area contributed by atoms with Gasteiger partial charge in [-0.1, -0.05) is 0 Å². The Kier molecular flexibility index (Phi) is 10.8. The summed E-state index contributed by atoms with van der Waals surface area (Å²) in [6.07, 6.45) is -6.15. The van der Waals surface area contributed by atoms with Gasteiger partial charge in [0.05, 0.1) is 17.1 Å². The quantitative estimate of drug-likeness (QED) is 0.383. The molecule has 2 aromatic rings. The van der Waals surface area contributed by atoms with Crippen LogP contribution in [0, 0.1) is 5.82 Å². The van der Waals surface area contributed by atoms with E-state index in [1.54, 1.807) is 27.9 Å². The van der Waals surface area contributed by atoms with Crippen molar-refractivity contribution < 1.29 is 49.8 Å². The Morgan fingerprint density at radius 3 is 2.17 bits per heavy atom. The van der Waals surface area contributed by atoms with Gasteiger partial charge in [0.25, 0.3) is 10.0 Å². The first kappa shape index (κ1) is 34.1. The highest BCUT2D eigenvalue weighted by Crippen LogP contribution is 2.38. The molecule has 3 amide bonds. The third kappa shape index (κ3) is 8.71. The van der Waals surface area contributed by atoms with Crippen molar-refractivity contribution in [1.82, 2.24) is 10.2 Å². The molecule has 0 aromatic heterocycles. The zero-order chi connectivity index (χ0) is 32.0. The van der Waals surface area contributed by atoms with E-state index in [0.29, 0.717) is 13.8 Å². The molecule has 0 spiro atoms. The number of sulfonamides is 1. The molecule has 0 saturated heterocycles. The van der Waals surface area contributed by atoms with Crippen molar-refractivity contribution >= 4 is 39.3 Å². The van der Waals surface area contributed by atoms with Gasteiger partial charge in [0.2, 0.25) is 5.60 Å². The lowest BCUT2D eigenvalue weighted by Crippen LogP contribution is -2.44. The summed E-state index contributed by atoms with van der Waals surface area (Å²) in [6, 6.07) is 8.16. The van der Waals surface area contributed by atoms with Crippen molar-refractivity contribution in [2.75, 3.05) is 36.9 Å². The van der Waals surface area contributed by atoms with Crippen LogP contribution < -0.4 is 19.7 Å². The van der Waals surface area contributed by atoms with Crippen LogP contribution in [0.25, 0.3) is 0 Å². The Labute approximate surface area is 240 Å². The summed E-state index contributed by atoms with van der Waals surface area (Å²) < 4.78 is 88.8. The first-order chi connectivity index (χ1) is 19.3. The number of carbonyl (C=O) groups is 3. The number of nitrogens with one attached hydrogen (secondary N) is 2. The molecule has 16 heteroatoms. The van der Waals surface area contributed by atoms with Crippen LogP contribution in [0.4, 0.5) is 33.7 Å². The summed E-state index contributed by atoms with van der Waals surface area (Å²) in [6.45, 7) is 4.99. The molecule has 0 atom stereocenters. The molecule has 42 heavy (non-hydrogen) atoms. The van der Waals surface area contributed by atoms with E-state index < -0.39 is 45.5 Å². The molecule has 1 aliphatic rings. The van der Waals surface area contributed by atoms with Crippen molar-refractivity contribution in [1.29, 1.82) is 0 Å². The van der Waals surface area contributed by atoms with Gasteiger partial charge in [0.1, 0.15) is 18.2 Å². The van der Waals surface area contributed by atoms with E-state index in [2.05, 4.69) is 15.4 Å². The highest BCUT2D eigenvalue weighted by molar-refractivity contribution is 7.92. The highest BCUT2D eigenvalue weighted by Gasteiger charge is 2.51. The van der Waals surface area contributed by atoms with Crippen LogP contribution in [-0.4, -0.2) is 76.3 Å². The summed E-state index contributed by atoms with van der Waals surface area (Å²) >= 11 is 0. The van der Waals surface area contributed by atoms with E-state index in [0.717, 1.165) is 28.6 Å². The number of amides is 3. The zero-order valence-electron chi connectivity index (χ0n) is 23.7. The Morgan fingerprint density at radius 2 is 1.64 bits per heavy atom. The average molecular weight is 621 g/mol. The van der Waals surface area contributed by atoms with E-state index in [9.17, 15) is 40.4 Å². The average Bonchev–Trinajstić information content (AvgIpc) is 2.87. The summed E-state index contributed by atoms with van der Waals surface area (Å²) in [5.41, 5.74) is -2.68.